The largest absolute Gasteiger partial charge is 0.508 e. The van der Waals surface area contributed by atoms with Crippen molar-refractivity contribution >= 4 is 46.9 Å². The summed E-state index contributed by atoms with van der Waals surface area (Å²) in [5, 5.41) is 42.4. The standard InChI is InChI=1S/C33H44N6O10/c1-18(2)16-25(32(46)38-33(47)29(19(3)4)35-22-8-10-23(11-9-22)39(48)49)37-31(45)26(17-21-6-12-24(40)13-7-21)36-30(44)20(5)34-27(41)14-15-28(42)43/h6-13,18-20,25-26,29,35,40H,14-17H2,1-5H3,(H,34,41)(H,36,44)(H,37,45)(H,42,43)(H,38,46,47)/t20-,25-,26-,29-/m0/s1. The lowest BCUT2D eigenvalue weighted by atomic mass is 9.99. The molecule has 0 spiro atoms. The Morgan fingerprint density at radius 3 is 1.88 bits per heavy atom. The van der Waals surface area contributed by atoms with Crippen molar-refractivity contribution in [2.24, 2.45) is 11.8 Å². The van der Waals surface area contributed by atoms with Crippen LogP contribution < -0.4 is 26.6 Å². The van der Waals surface area contributed by atoms with Crippen molar-refractivity contribution in [3.8, 4) is 5.75 Å². The number of imide groups is 1. The second-order valence-electron chi connectivity index (χ2n) is 12.3. The summed E-state index contributed by atoms with van der Waals surface area (Å²) in [7, 11) is 0. The minimum atomic E-state index is -1.26. The number of benzene rings is 2. The van der Waals surface area contributed by atoms with Crippen molar-refractivity contribution in [2.75, 3.05) is 5.32 Å². The Bertz CT molecular complexity index is 1490. The van der Waals surface area contributed by atoms with E-state index in [0.29, 0.717) is 11.3 Å². The van der Waals surface area contributed by atoms with Crippen LogP contribution in [0.3, 0.4) is 0 Å². The predicted molar refractivity (Wildman–Crippen MR) is 178 cm³/mol. The SMILES string of the molecule is CC(C)C[C@H](NC(=O)[C@H](Cc1ccc(O)cc1)NC(=O)[C@H](C)NC(=O)CCC(=O)O)C(=O)NC(=O)[C@@H](Nc1ccc([N+](=O)[O-])cc1)C(C)C. The van der Waals surface area contributed by atoms with E-state index in [0.717, 1.165) is 0 Å². The quantitative estimate of drug-likeness (QED) is 0.0884. The number of phenols is 1. The number of hydrogen-bond acceptors (Lipinski definition) is 10. The summed E-state index contributed by atoms with van der Waals surface area (Å²) in [5.74, 6) is -5.31. The van der Waals surface area contributed by atoms with E-state index in [2.05, 4.69) is 26.6 Å². The first-order valence-corrected chi connectivity index (χ1v) is 15.7. The van der Waals surface area contributed by atoms with Gasteiger partial charge in [0.25, 0.3) is 5.69 Å². The van der Waals surface area contributed by atoms with Crippen LogP contribution in [-0.2, 0) is 35.2 Å². The van der Waals surface area contributed by atoms with Crippen LogP contribution in [0.15, 0.2) is 48.5 Å². The zero-order valence-electron chi connectivity index (χ0n) is 28.0. The number of aromatic hydroxyl groups is 1. The Labute approximate surface area is 283 Å². The normalized spacial score (nSPS) is 13.4. The first-order valence-electron chi connectivity index (χ1n) is 15.7. The van der Waals surface area contributed by atoms with Crippen molar-refractivity contribution in [2.45, 2.75) is 84.5 Å². The fourth-order valence-electron chi connectivity index (χ4n) is 4.63. The van der Waals surface area contributed by atoms with Crippen LogP contribution in [0.25, 0.3) is 0 Å². The van der Waals surface area contributed by atoms with Crippen molar-refractivity contribution in [3.05, 3.63) is 64.2 Å². The fourth-order valence-corrected chi connectivity index (χ4v) is 4.63. The molecule has 0 aliphatic carbocycles. The van der Waals surface area contributed by atoms with Crippen molar-refractivity contribution in [3.63, 3.8) is 0 Å². The smallest absolute Gasteiger partial charge is 0.303 e. The number of hydrogen-bond donors (Lipinski definition) is 7. The molecule has 0 aromatic heterocycles. The minimum absolute atomic E-state index is 0.0208. The molecule has 266 valence electrons. The third-order valence-corrected chi connectivity index (χ3v) is 7.28. The summed E-state index contributed by atoms with van der Waals surface area (Å²) in [4.78, 5) is 86.7. The number of rotatable bonds is 18. The van der Waals surface area contributed by atoms with Crippen molar-refractivity contribution < 1.29 is 43.9 Å². The molecule has 4 atom stereocenters. The number of aliphatic carboxylic acids is 1. The average Bonchev–Trinajstić information content (AvgIpc) is 3.02. The molecule has 0 aliphatic heterocycles. The molecule has 0 radical (unpaired) electrons. The maximum atomic E-state index is 13.7. The molecule has 0 saturated heterocycles. The number of carboxylic acid groups (broad SMARTS) is 1. The van der Waals surface area contributed by atoms with Crippen molar-refractivity contribution in [1.82, 2.24) is 21.3 Å². The monoisotopic (exact) mass is 684 g/mol. The van der Waals surface area contributed by atoms with Crippen molar-refractivity contribution in [1.29, 1.82) is 0 Å². The van der Waals surface area contributed by atoms with E-state index in [1.165, 1.54) is 43.3 Å². The van der Waals surface area contributed by atoms with E-state index in [9.17, 15) is 44.0 Å². The summed E-state index contributed by atoms with van der Waals surface area (Å²) in [6.45, 7) is 8.47. The Kier molecular flexibility index (Phi) is 15.1. The highest BCUT2D eigenvalue weighted by Crippen LogP contribution is 2.18. The summed E-state index contributed by atoms with van der Waals surface area (Å²) < 4.78 is 0. The lowest BCUT2D eigenvalue weighted by Crippen LogP contribution is -2.58. The van der Waals surface area contributed by atoms with Crippen LogP contribution in [-0.4, -0.2) is 74.8 Å². The first kappa shape index (κ1) is 39.6. The molecule has 0 unspecified atom stereocenters. The highest BCUT2D eigenvalue weighted by Gasteiger charge is 2.32. The Morgan fingerprint density at radius 2 is 1.35 bits per heavy atom. The maximum absolute atomic E-state index is 13.7. The number of nitro groups is 1. The van der Waals surface area contributed by atoms with E-state index in [1.54, 1.807) is 26.0 Å². The van der Waals surface area contributed by atoms with Gasteiger partial charge >= 0.3 is 5.97 Å². The molecule has 16 heteroatoms. The van der Waals surface area contributed by atoms with Gasteiger partial charge in [-0.3, -0.25) is 44.2 Å². The van der Waals surface area contributed by atoms with Crippen LogP contribution in [0, 0.1) is 22.0 Å². The number of nitrogens with zero attached hydrogens (tertiary/aromatic N) is 1. The van der Waals surface area contributed by atoms with Gasteiger partial charge in [-0.05, 0) is 55.0 Å². The number of amides is 5. The van der Waals surface area contributed by atoms with E-state index >= 15 is 0 Å². The van der Waals surface area contributed by atoms with Crippen LogP contribution in [0.2, 0.25) is 0 Å². The Hall–Kier alpha value is -5.54. The molecule has 0 heterocycles. The zero-order chi connectivity index (χ0) is 36.8. The van der Waals surface area contributed by atoms with Gasteiger partial charge in [0.1, 0.15) is 29.9 Å². The lowest BCUT2D eigenvalue weighted by molar-refractivity contribution is -0.384. The second kappa shape index (κ2) is 18.7. The number of non-ortho nitro benzene ring substituents is 1. The number of phenolic OH excluding ortho intramolecular Hbond substituents is 1. The highest BCUT2D eigenvalue weighted by molar-refractivity contribution is 6.02. The predicted octanol–water partition coefficient (Wildman–Crippen LogP) is 2.01. The number of nitrogens with one attached hydrogen (secondary N) is 5. The zero-order valence-corrected chi connectivity index (χ0v) is 28.0. The van der Waals surface area contributed by atoms with E-state index in [-0.39, 0.29) is 42.5 Å². The van der Waals surface area contributed by atoms with Crippen LogP contribution in [0.1, 0.15) is 59.4 Å². The summed E-state index contributed by atoms with van der Waals surface area (Å²) in [6.07, 6.45) is -0.723. The average molecular weight is 685 g/mol. The van der Waals surface area contributed by atoms with Gasteiger partial charge in [0.2, 0.25) is 29.5 Å². The van der Waals surface area contributed by atoms with Crippen LogP contribution in [0.5, 0.6) is 5.75 Å². The molecule has 7 N–H and O–H groups in total. The number of anilines is 1. The number of carboxylic acids is 1. The second-order valence-corrected chi connectivity index (χ2v) is 12.3. The van der Waals surface area contributed by atoms with E-state index in [1.807, 2.05) is 13.8 Å². The van der Waals surface area contributed by atoms with E-state index < -0.39 is 71.0 Å². The number of nitro benzene ring substituents is 1. The Morgan fingerprint density at radius 1 is 0.755 bits per heavy atom. The summed E-state index contributed by atoms with van der Waals surface area (Å²) in [6, 6.07) is 6.79. The molecule has 16 nitrogen and oxygen atoms in total. The maximum Gasteiger partial charge on any atom is 0.303 e. The molecule has 0 aliphatic rings. The van der Waals surface area contributed by atoms with Gasteiger partial charge in [-0.25, -0.2) is 0 Å². The molecule has 5 amide bonds. The van der Waals surface area contributed by atoms with Gasteiger partial charge in [0, 0.05) is 30.7 Å². The van der Waals surface area contributed by atoms with Gasteiger partial charge in [-0.15, -0.1) is 0 Å². The van der Waals surface area contributed by atoms with Gasteiger partial charge in [-0.1, -0.05) is 39.8 Å². The fraction of sp³-hybridized carbons (Fsp3) is 0.455. The molecule has 0 fully saturated rings. The molecular weight excluding hydrogens is 640 g/mol. The molecule has 49 heavy (non-hydrogen) atoms. The molecule has 2 aromatic rings. The summed E-state index contributed by atoms with van der Waals surface area (Å²) >= 11 is 0. The van der Waals surface area contributed by atoms with Gasteiger partial charge in [0.15, 0.2) is 0 Å². The third-order valence-electron chi connectivity index (χ3n) is 7.28. The highest BCUT2D eigenvalue weighted by atomic mass is 16.6. The topological polar surface area (TPSA) is 246 Å². The van der Waals surface area contributed by atoms with Crippen LogP contribution >= 0.6 is 0 Å². The minimum Gasteiger partial charge on any atom is -0.508 e. The molecule has 0 saturated carbocycles. The van der Waals surface area contributed by atoms with Gasteiger partial charge < -0.3 is 31.5 Å². The summed E-state index contributed by atoms with van der Waals surface area (Å²) in [5.41, 5.74) is 0.834. The molecular formula is C33H44N6O10. The molecule has 2 rings (SSSR count). The van der Waals surface area contributed by atoms with Gasteiger partial charge in [0.05, 0.1) is 11.3 Å². The van der Waals surface area contributed by atoms with Gasteiger partial charge in [-0.2, -0.15) is 0 Å². The third kappa shape index (κ3) is 13.6. The Balaban J connectivity index is 2.23. The number of carbonyl (C=O) groups excluding carboxylic acids is 5. The number of carbonyl (C=O) groups is 6. The lowest BCUT2D eigenvalue weighted by Gasteiger charge is -2.27. The molecule has 2 aromatic carbocycles. The first-order chi connectivity index (χ1) is 23.0. The molecule has 0 bridgehead atoms. The van der Waals surface area contributed by atoms with E-state index in [4.69, 9.17) is 5.11 Å². The van der Waals surface area contributed by atoms with Crippen LogP contribution in [0.4, 0.5) is 11.4 Å².